The molecule has 0 bridgehead atoms. The summed E-state index contributed by atoms with van der Waals surface area (Å²) in [5.41, 5.74) is 3.09. The molecule has 26 heavy (non-hydrogen) atoms. The summed E-state index contributed by atoms with van der Waals surface area (Å²) >= 11 is 0. The Morgan fingerprint density at radius 2 is 1.96 bits per heavy atom. The number of hydrogen-bond acceptors (Lipinski definition) is 5. The summed E-state index contributed by atoms with van der Waals surface area (Å²) < 4.78 is 5.33. The van der Waals surface area contributed by atoms with Crippen LogP contribution in [0.25, 0.3) is 0 Å². The Labute approximate surface area is 151 Å². The van der Waals surface area contributed by atoms with Gasteiger partial charge in [-0.2, -0.15) is 0 Å². The number of likely N-dealkylation sites (N-methyl/N-ethyl adjacent to an activating group) is 1. The fourth-order valence-electron chi connectivity index (χ4n) is 3.39. The molecule has 2 aliphatic rings. The molecule has 3 rings (SSSR count). The highest BCUT2D eigenvalue weighted by Gasteiger charge is 2.38. The zero-order valence-electron chi connectivity index (χ0n) is 15.1. The quantitative estimate of drug-likeness (QED) is 0.473. The highest BCUT2D eigenvalue weighted by molar-refractivity contribution is 6.07. The standard InChI is InChI=1S/C20H20N2O4/c1-20(2)16-12-15(26-4)7-8-17(16)21(3)19(20)10-5-13-11-14(22(24)25)6-9-18(13)23/h5-12H,1-4H3/b13-5-,19-10-. The van der Waals surface area contributed by atoms with Crippen LogP contribution in [0.3, 0.4) is 0 Å². The summed E-state index contributed by atoms with van der Waals surface area (Å²) in [5, 5.41) is 10.9. The normalized spacial score (nSPS) is 21.2. The van der Waals surface area contributed by atoms with E-state index in [1.807, 2.05) is 31.3 Å². The molecule has 1 aromatic rings. The lowest BCUT2D eigenvalue weighted by atomic mass is 9.83. The summed E-state index contributed by atoms with van der Waals surface area (Å²) in [6, 6.07) is 5.93. The van der Waals surface area contributed by atoms with E-state index in [0.717, 1.165) is 22.7 Å². The lowest BCUT2D eigenvalue weighted by Crippen LogP contribution is -2.22. The molecule has 6 heteroatoms. The molecule has 0 spiro atoms. The summed E-state index contributed by atoms with van der Waals surface area (Å²) in [7, 11) is 3.60. The Kier molecular flexibility index (Phi) is 4.28. The first-order valence-electron chi connectivity index (χ1n) is 8.19. The van der Waals surface area contributed by atoms with Gasteiger partial charge in [-0.15, -0.1) is 0 Å². The van der Waals surface area contributed by atoms with E-state index in [4.69, 9.17) is 4.74 Å². The number of carbonyl (C=O) groups is 1. The van der Waals surface area contributed by atoms with E-state index in [-0.39, 0.29) is 16.9 Å². The maximum Gasteiger partial charge on any atom is 0.270 e. The van der Waals surface area contributed by atoms with Gasteiger partial charge in [0, 0.05) is 41.6 Å². The number of hydrogen-bond donors (Lipinski definition) is 0. The second-order valence-corrected chi connectivity index (χ2v) is 6.76. The molecule has 0 aromatic heterocycles. The molecular weight excluding hydrogens is 332 g/mol. The van der Waals surface area contributed by atoms with Gasteiger partial charge in [0.25, 0.3) is 5.70 Å². The number of methoxy groups -OCH3 is 1. The smallest absolute Gasteiger partial charge is 0.270 e. The summed E-state index contributed by atoms with van der Waals surface area (Å²) in [6.07, 6.45) is 7.25. The summed E-state index contributed by atoms with van der Waals surface area (Å²) in [4.78, 5) is 24.5. The number of carbonyl (C=O) groups excluding carboxylic acids is 1. The first-order valence-corrected chi connectivity index (χ1v) is 8.19. The third-order valence-electron chi connectivity index (χ3n) is 4.87. The highest BCUT2D eigenvalue weighted by Crippen LogP contribution is 2.48. The molecular formula is C20H20N2O4. The van der Waals surface area contributed by atoms with E-state index in [9.17, 15) is 14.9 Å². The first kappa shape index (κ1) is 17.7. The Morgan fingerprint density at radius 1 is 1.23 bits per heavy atom. The largest absolute Gasteiger partial charge is 0.497 e. The van der Waals surface area contributed by atoms with E-state index >= 15 is 0 Å². The van der Waals surface area contributed by atoms with Crippen molar-refractivity contribution in [3.63, 3.8) is 0 Å². The Morgan fingerprint density at radius 3 is 2.62 bits per heavy atom. The molecule has 0 saturated heterocycles. The molecule has 0 amide bonds. The lowest BCUT2D eigenvalue weighted by Gasteiger charge is -2.23. The SMILES string of the molecule is COc1ccc2c(c1)C(C)(C)/C(=C/C=C1/C=C([N+](=O)[O-])C=CC1=O)N2C. The Balaban J connectivity index is 2.03. The number of fused-ring (bicyclic) bond motifs is 1. The van der Waals surface area contributed by atoms with Crippen molar-refractivity contribution in [1.82, 2.24) is 0 Å². The van der Waals surface area contributed by atoms with Crippen molar-refractivity contribution >= 4 is 11.5 Å². The predicted octanol–water partition coefficient (Wildman–Crippen LogP) is 3.53. The van der Waals surface area contributed by atoms with E-state index in [1.165, 1.54) is 18.2 Å². The van der Waals surface area contributed by atoms with Crippen molar-refractivity contribution in [2.24, 2.45) is 0 Å². The summed E-state index contributed by atoms with van der Waals surface area (Å²) in [5.74, 6) is 0.543. The monoisotopic (exact) mass is 352 g/mol. The first-order chi connectivity index (χ1) is 12.3. The van der Waals surface area contributed by atoms with E-state index in [1.54, 1.807) is 13.2 Å². The van der Waals surface area contributed by atoms with Crippen LogP contribution in [0.15, 0.2) is 65.5 Å². The van der Waals surface area contributed by atoms with Crippen molar-refractivity contribution in [3.05, 3.63) is 81.2 Å². The van der Waals surface area contributed by atoms with Crippen molar-refractivity contribution in [1.29, 1.82) is 0 Å². The van der Waals surface area contributed by atoms with Gasteiger partial charge in [0.15, 0.2) is 5.78 Å². The molecule has 134 valence electrons. The molecule has 0 unspecified atom stereocenters. The number of benzene rings is 1. The molecule has 1 aliphatic carbocycles. The van der Waals surface area contributed by atoms with Crippen molar-refractivity contribution < 1.29 is 14.5 Å². The fourth-order valence-corrected chi connectivity index (χ4v) is 3.39. The number of allylic oxidation sites excluding steroid dienone is 7. The maximum atomic E-state index is 12.0. The van der Waals surface area contributed by atoms with Crippen LogP contribution in [0, 0.1) is 10.1 Å². The van der Waals surface area contributed by atoms with E-state index in [2.05, 4.69) is 18.7 Å². The minimum atomic E-state index is -0.502. The van der Waals surface area contributed by atoms with Gasteiger partial charge < -0.3 is 9.64 Å². The second-order valence-electron chi connectivity index (χ2n) is 6.76. The fraction of sp³-hybridized carbons (Fsp3) is 0.250. The summed E-state index contributed by atoms with van der Waals surface area (Å²) in [6.45, 7) is 4.19. The van der Waals surface area contributed by atoms with Gasteiger partial charge in [-0.1, -0.05) is 13.8 Å². The molecule has 0 saturated carbocycles. The molecule has 1 aliphatic heterocycles. The van der Waals surface area contributed by atoms with Crippen LogP contribution in [-0.2, 0) is 10.2 Å². The Bertz CT molecular complexity index is 920. The van der Waals surface area contributed by atoms with Crippen LogP contribution >= 0.6 is 0 Å². The van der Waals surface area contributed by atoms with Crippen LogP contribution in [0.5, 0.6) is 5.75 Å². The van der Waals surface area contributed by atoms with Crippen LogP contribution < -0.4 is 9.64 Å². The van der Waals surface area contributed by atoms with Gasteiger partial charge in [0.2, 0.25) is 0 Å². The average Bonchev–Trinajstić information content (AvgIpc) is 2.80. The molecule has 0 N–H and O–H groups in total. The van der Waals surface area contributed by atoms with E-state index < -0.39 is 4.92 Å². The topological polar surface area (TPSA) is 72.7 Å². The van der Waals surface area contributed by atoms with Crippen LogP contribution in [0.1, 0.15) is 19.4 Å². The van der Waals surface area contributed by atoms with Crippen molar-refractivity contribution in [2.45, 2.75) is 19.3 Å². The molecule has 1 heterocycles. The van der Waals surface area contributed by atoms with Crippen LogP contribution in [0.4, 0.5) is 5.69 Å². The number of ether oxygens (including phenoxy) is 1. The second kappa shape index (κ2) is 6.29. The minimum absolute atomic E-state index is 0.0960. The van der Waals surface area contributed by atoms with Gasteiger partial charge in [0.05, 0.1) is 12.0 Å². The lowest BCUT2D eigenvalue weighted by molar-refractivity contribution is -0.419. The third-order valence-corrected chi connectivity index (χ3v) is 4.87. The molecule has 0 radical (unpaired) electrons. The molecule has 0 atom stereocenters. The van der Waals surface area contributed by atoms with Gasteiger partial charge in [-0.05, 0) is 42.0 Å². The zero-order chi connectivity index (χ0) is 19.1. The van der Waals surface area contributed by atoms with Gasteiger partial charge >= 0.3 is 0 Å². The van der Waals surface area contributed by atoms with Crippen LogP contribution in [0.2, 0.25) is 0 Å². The maximum absolute atomic E-state index is 12.0. The molecule has 0 fully saturated rings. The predicted molar refractivity (Wildman–Crippen MR) is 99.8 cm³/mol. The minimum Gasteiger partial charge on any atom is -0.497 e. The van der Waals surface area contributed by atoms with Crippen molar-refractivity contribution in [3.8, 4) is 5.75 Å². The van der Waals surface area contributed by atoms with Crippen LogP contribution in [-0.4, -0.2) is 24.9 Å². The number of anilines is 1. The highest BCUT2D eigenvalue weighted by atomic mass is 16.6. The number of nitrogens with zero attached hydrogens (tertiary/aromatic N) is 2. The number of nitro groups is 1. The number of rotatable bonds is 3. The van der Waals surface area contributed by atoms with Gasteiger partial charge in [-0.25, -0.2) is 0 Å². The van der Waals surface area contributed by atoms with Crippen molar-refractivity contribution in [2.75, 3.05) is 19.1 Å². The van der Waals surface area contributed by atoms with E-state index in [0.29, 0.717) is 5.57 Å². The average molecular weight is 352 g/mol. The van der Waals surface area contributed by atoms with Gasteiger partial charge in [0.1, 0.15) is 5.75 Å². The Hall–Kier alpha value is -3.15. The third kappa shape index (κ3) is 2.83. The molecule has 6 nitrogen and oxygen atoms in total. The van der Waals surface area contributed by atoms with Gasteiger partial charge in [-0.3, -0.25) is 14.9 Å². The molecule has 1 aromatic carbocycles. The zero-order valence-corrected chi connectivity index (χ0v) is 15.1. The number of ketones is 1.